The number of hydrogen-bond donors (Lipinski definition) is 3. The van der Waals surface area contributed by atoms with Crippen LogP contribution in [-0.2, 0) is 17.8 Å². The highest BCUT2D eigenvalue weighted by atomic mass is 32.1. The highest BCUT2D eigenvalue weighted by Gasteiger charge is 2.45. The van der Waals surface area contributed by atoms with Gasteiger partial charge in [0.2, 0.25) is 5.91 Å². The molecule has 0 aliphatic heterocycles. The van der Waals surface area contributed by atoms with Crippen LogP contribution in [0.15, 0.2) is 11.4 Å². The molecule has 6 nitrogen and oxygen atoms in total. The molecule has 0 atom stereocenters. The monoisotopic (exact) mass is 296 g/mol. The summed E-state index contributed by atoms with van der Waals surface area (Å²) in [6.45, 7) is 2.46. The molecule has 110 valence electrons. The van der Waals surface area contributed by atoms with Crippen LogP contribution in [0.5, 0.6) is 0 Å². The van der Waals surface area contributed by atoms with Gasteiger partial charge in [-0.25, -0.2) is 4.98 Å². The first kappa shape index (κ1) is 14.8. The van der Waals surface area contributed by atoms with Gasteiger partial charge in [-0.05, 0) is 19.3 Å². The van der Waals surface area contributed by atoms with E-state index in [4.69, 9.17) is 10.9 Å². The maximum Gasteiger partial charge on any atom is 0.234 e. The maximum atomic E-state index is 12.4. The molecule has 7 heteroatoms. The summed E-state index contributed by atoms with van der Waals surface area (Å²) >= 11 is 1.59. The third-order valence-electron chi connectivity index (χ3n) is 3.84. The van der Waals surface area contributed by atoms with E-state index in [1.165, 1.54) is 4.88 Å². The number of nitrogens with one attached hydrogen (secondary N) is 1. The fourth-order valence-corrected chi connectivity index (χ4v) is 3.39. The Morgan fingerprint density at radius 2 is 2.30 bits per heavy atom. The zero-order valence-electron chi connectivity index (χ0n) is 11.6. The van der Waals surface area contributed by atoms with Crippen molar-refractivity contribution in [3.05, 3.63) is 16.1 Å². The molecule has 0 unspecified atom stereocenters. The lowest BCUT2D eigenvalue weighted by molar-refractivity contribution is -0.127. The van der Waals surface area contributed by atoms with Crippen LogP contribution in [0.4, 0.5) is 0 Å². The molecule has 1 saturated carbocycles. The summed E-state index contributed by atoms with van der Waals surface area (Å²) in [7, 11) is 0. The van der Waals surface area contributed by atoms with Gasteiger partial charge in [0.15, 0.2) is 5.84 Å². The molecule has 0 radical (unpaired) electrons. The van der Waals surface area contributed by atoms with Gasteiger partial charge in [0.05, 0.1) is 6.54 Å². The van der Waals surface area contributed by atoms with E-state index < -0.39 is 5.41 Å². The molecule has 1 aromatic rings. The Morgan fingerprint density at radius 1 is 1.60 bits per heavy atom. The molecule has 0 spiro atoms. The molecule has 1 heterocycles. The van der Waals surface area contributed by atoms with Crippen LogP contribution in [0, 0.1) is 5.41 Å². The van der Waals surface area contributed by atoms with Crippen molar-refractivity contribution in [2.45, 2.75) is 45.6 Å². The number of nitrogens with zero attached hydrogens (tertiary/aromatic N) is 2. The molecule has 2 rings (SSSR count). The first-order valence-electron chi connectivity index (χ1n) is 6.82. The molecule has 1 amide bonds. The van der Waals surface area contributed by atoms with Crippen molar-refractivity contribution in [3.63, 3.8) is 0 Å². The Bertz CT molecular complexity index is 506. The van der Waals surface area contributed by atoms with Gasteiger partial charge in [0.1, 0.15) is 10.4 Å². The number of aromatic nitrogens is 1. The number of oxime groups is 1. The molecule has 4 N–H and O–H groups in total. The van der Waals surface area contributed by atoms with Crippen LogP contribution < -0.4 is 11.1 Å². The Labute approximate surface area is 122 Å². The van der Waals surface area contributed by atoms with Crippen molar-refractivity contribution < 1.29 is 10.0 Å². The average Bonchev–Trinajstić information content (AvgIpc) is 3.13. The van der Waals surface area contributed by atoms with Gasteiger partial charge in [0.25, 0.3) is 0 Å². The van der Waals surface area contributed by atoms with Crippen molar-refractivity contribution in [2.75, 3.05) is 0 Å². The Kier molecular flexibility index (Phi) is 4.59. The molecule has 1 aliphatic rings. The summed E-state index contributed by atoms with van der Waals surface area (Å²) < 4.78 is 0. The van der Waals surface area contributed by atoms with Crippen LogP contribution in [-0.4, -0.2) is 21.9 Å². The van der Waals surface area contributed by atoms with E-state index >= 15 is 0 Å². The van der Waals surface area contributed by atoms with Crippen molar-refractivity contribution in [3.8, 4) is 0 Å². The maximum absolute atomic E-state index is 12.4. The summed E-state index contributed by atoms with van der Waals surface area (Å²) in [6, 6.07) is 0. The standard InChI is InChI=1S/C13H20N4O2S/c1-2-9-7-15-10(20-9)8-16-12(18)13(11(14)17-19)5-3-4-6-13/h7,19H,2-6,8H2,1H3,(H2,14,17)(H,16,18). The number of thiazole rings is 1. The number of nitrogens with two attached hydrogens (primary N) is 1. The molecule has 0 aromatic carbocycles. The number of amides is 1. The van der Waals surface area contributed by atoms with Gasteiger partial charge < -0.3 is 16.3 Å². The molecular formula is C13H20N4O2S. The predicted molar refractivity (Wildman–Crippen MR) is 77.6 cm³/mol. The second-order valence-electron chi connectivity index (χ2n) is 5.03. The van der Waals surface area contributed by atoms with Gasteiger partial charge in [-0.2, -0.15) is 0 Å². The highest BCUT2D eigenvalue weighted by Crippen LogP contribution is 2.38. The summed E-state index contributed by atoms with van der Waals surface area (Å²) in [5.74, 6) is -0.153. The number of carbonyl (C=O) groups is 1. The molecular weight excluding hydrogens is 276 g/mol. The molecule has 0 bridgehead atoms. The highest BCUT2D eigenvalue weighted by molar-refractivity contribution is 7.11. The summed E-state index contributed by atoms with van der Waals surface area (Å²) in [5, 5.41) is 15.7. The topological polar surface area (TPSA) is 101 Å². The average molecular weight is 296 g/mol. The molecule has 0 saturated heterocycles. The van der Waals surface area contributed by atoms with Crippen LogP contribution in [0.2, 0.25) is 0 Å². The second kappa shape index (κ2) is 6.21. The normalized spacial score (nSPS) is 18.1. The SMILES string of the molecule is CCc1cnc(CNC(=O)C2(C(N)=NO)CCCC2)s1. The summed E-state index contributed by atoms with van der Waals surface area (Å²) in [5.41, 5.74) is 4.89. The van der Waals surface area contributed by atoms with Gasteiger partial charge in [-0.3, -0.25) is 4.79 Å². The number of rotatable bonds is 5. The third kappa shape index (κ3) is 2.77. The molecule has 20 heavy (non-hydrogen) atoms. The van der Waals surface area contributed by atoms with Gasteiger partial charge >= 0.3 is 0 Å². The minimum Gasteiger partial charge on any atom is -0.409 e. The predicted octanol–water partition coefficient (Wildman–Crippen LogP) is 1.63. The van der Waals surface area contributed by atoms with Crippen LogP contribution in [0.1, 0.15) is 42.5 Å². The third-order valence-corrected chi connectivity index (χ3v) is 4.98. The number of hydrogen-bond acceptors (Lipinski definition) is 5. The Hall–Kier alpha value is -1.63. The number of aryl methyl sites for hydroxylation is 1. The van der Waals surface area contributed by atoms with Crippen LogP contribution >= 0.6 is 11.3 Å². The van der Waals surface area contributed by atoms with Crippen LogP contribution in [0.25, 0.3) is 0 Å². The Balaban J connectivity index is 2.02. The summed E-state index contributed by atoms with van der Waals surface area (Å²) in [6.07, 6.45) is 5.88. The molecule has 1 aliphatic carbocycles. The van der Waals surface area contributed by atoms with Gasteiger partial charge in [-0.15, -0.1) is 11.3 Å². The lowest BCUT2D eigenvalue weighted by Crippen LogP contribution is -2.48. The largest absolute Gasteiger partial charge is 0.409 e. The van der Waals surface area contributed by atoms with E-state index in [0.717, 1.165) is 24.3 Å². The lowest BCUT2D eigenvalue weighted by Gasteiger charge is -2.25. The minimum absolute atomic E-state index is 0.0147. The minimum atomic E-state index is -0.848. The van der Waals surface area contributed by atoms with E-state index in [2.05, 4.69) is 22.4 Å². The van der Waals surface area contributed by atoms with Crippen molar-refractivity contribution in [1.82, 2.24) is 10.3 Å². The lowest BCUT2D eigenvalue weighted by atomic mass is 9.84. The fraction of sp³-hybridized carbons (Fsp3) is 0.615. The van der Waals surface area contributed by atoms with Crippen molar-refractivity contribution >= 4 is 23.1 Å². The molecule has 1 fully saturated rings. The second-order valence-corrected chi connectivity index (χ2v) is 6.23. The van der Waals surface area contributed by atoms with E-state index in [-0.39, 0.29) is 11.7 Å². The van der Waals surface area contributed by atoms with E-state index in [1.807, 2.05) is 6.20 Å². The van der Waals surface area contributed by atoms with E-state index in [9.17, 15) is 4.79 Å². The fourth-order valence-electron chi connectivity index (χ4n) is 2.59. The van der Waals surface area contributed by atoms with Crippen molar-refractivity contribution in [1.29, 1.82) is 0 Å². The van der Waals surface area contributed by atoms with E-state index in [0.29, 0.717) is 19.4 Å². The van der Waals surface area contributed by atoms with Crippen molar-refractivity contribution in [2.24, 2.45) is 16.3 Å². The molecule has 1 aromatic heterocycles. The van der Waals surface area contributed by atoms with Gasteiger partial charge in [0, 0.05) is 11.1 Å². The van der Waals surface area contributed by atoms with Gasteiger partial charge in [-0.1, -0.05) is 24.9 Å². The number of amidine groups is 1. The summed E-state index contributed by atoms with van der Waals surface area (Å²) in [4.78, 5) is 17.9. The van der Waals surface area contributed by atoms with E-state index in [1.54, 1.807) is 11.3 Å². The zero-order valence-corrected chi connectivity index (χ0v) is 12.4. The number of carbonyl (C=O) groups excluding carboxylic acids is 1. The zero-order chi connectivity index (χ0) is 14.6. The Morgan fingerprint density at radius 3 is 2.85 bits per heavy atom. The first-order chi connectivity index (χ1) is 9.62. The smallest absolute Gasteiger partial charge is 0.234 e. The quantitative estimate of drug-likeness (QED) is 0.333. The first-order valence-corrected chi connectivity index (χ1v) is 7.64. The van der Waals surface area contributed by atoms with Crippen LogP contribution in [0.3, 0.4) is 0 Å².